The molecule has 272 valence electrons. The van der Waals surface area contributed by atoms with E-state index in [-0.39, 0.29) is 42.1 Å². The van der Waals surface area contributed by atoms with Crippen molar-refractivity contribution in [2.75, 3.05) is 6.61 Å². The molecule has 6 rings (SSSR count). The average molecular weight is 712 g/mol. The number of H-pyrrole nitrogens is 1. The van der Waals surface area contributed by atoms with Crippen LogP contribution >= 0.6 is 0 Å². The van der Waals surface area contributed by atoms with Crippen molar-refractivity contribution in [3.8, 4) is 22.9 Å². The van der Waals surface area contributed by atoms with Crippen molar-refractivity contribution in [3.63, 3.8) is 0 Å². The summed E-state index contributed by atoms with van der Waals surface area (Å²) in [5, 5.41) is 8.41. The number of carbonyl (C=O) groups is 2. The van der Waals surface area contributed by atoms with Crippen LogP contribution in [-0.4, -0.2) is 44.0 Å². The second-order valence-electron chi connectivity index (χ2n) is 14.0. The van der Waals surface area contributed by atoms with Crippen LogP contribution < -0.4 is 10.1 Å². The van der Waals surface area contributed by atoms with Gasteiger partial charge in [0.1, 0.15) is 18.2 Å². The highest BCUT2D eigenvalue weighted by atomic mass is 19.1. The lowest BCUT2D eigenvalue weighted by molar-refractivity contribution is -0.138. The number of hydrogen-bond donors (Lipinski definition) is 2. The highest BCUT2D eigenvalue weighted by Crippen LogP contribution is 2.40. The molecule has 0 saturated heterocycles. The Balaban J connectivity index is 1.46. The Morgan fingerprint density at radius 2 is 1.85 bits per heavy atom. The van der Waals surface area contributed by atoms with E-state index in [4.69, 9.17) is 24.3 Å². The maximum atomic E-state index is 15.7. The van der Waals surface area contributed by atoms with Crippen LogP contribution in [0.15, 0.2) is 66.4 Å². The summed E-state index contributed by atoms with van der Waals surface area (Å²) in [5.74, 6) is -0.891. The molecule has 1 aliphatic rings. The number of rotatable bonds is 4. The maximum Gasteiger partial charge on any atom is 0.407 e. The van der Waals surface area contributed by atoms with Crippen molar-refractivity contribution in [1.29, 1.82) is 0 Å². The van der Waals surface area contributed by atoms with E-state index in [2.05, 4.69) is 10.3 Å². The largest absolute Gasteiger partial charge is 0.463 e. The molecular formula is C40H43F2N5O5. The Bertz CT molecular complexity index is 2170. The number of halogens is 2. The van der Waals surface area contributed by atoms with Crippen molar-refractivity contribution in [1.82, 2.24) is 25.1 Å². The molecule has 52 heavy (non-hydrogen) atoms. The van der Waals surface area contributed by atoms with Gasteiger partial charge in [-0.15, -0.1) is 0 Å². The first-order valence-corrected chi connectivity index (χ1v) is 17.4. The van der Waals surface area contributed by atoms with Gasteiger partial charge in [0.2, 0.25) is 0 Å². The first kappa shape index (κ1) is 36.3. The lowest BCUT2D eigenvalue weighted by Crippen LogP contribution is -2.43. The van der Waals surface area contributed by atoms with Gasteiger partial charge in [-0.3, -0.25) is 0 Å². The first-order chi connectivity index (χ1) is 24.8. The molecule has 1 atom stereocenters. The Labute approximate surface area is 301 Å². The van der Waals surface area contributed by atoms with Crippen LogP contribution in [0.1, 0.15) is 82.8 Å². The number of alkyl carbamates (subject to hydrolysis) is 1. The summed E-state index contributed by atoms with van der Waals surface area (Å²) in [4.78, 5) is 33.4. The SMILES string of the molecule is CCOC(=O)/C(C)=C/c1cccc(C2(C)CCCCC(C)(C)NC(=O)OCc3c(c(F)cc4[nH]ccc34)Oc3ccc(F)c(c3)-c3nc2nn3C)c1. The Morgan fingerprint density at radius 1 is 1.06 bits per heavy atom. The molecule has 0 spiro atoms. The fourth-order valence-electron chi connectivity index (χ4n) is 6.66. The number of fused-ring (bicyclic) bond motifs is 8. The molecule has 10 nitrogen and oxygen atoms in total. The van der Waals surface area contributed by atoms with Gasteiger partial charge in [-0.1, -0.05) is 37.1 Å². The minimum absolute atomic E-state index is 0.114. The van der Waals surface area contributed by atoms with Crippen molar-refractivity contribution >= 4 is 29.0 Å². The number of ether oxygens (including phenoxy) is 3. The molecule has 1 unspecified atom stereocenters. The molecule has 3 aromatic carbocycles. The summed E-state index contributed by atoms with van der Waals surface area (Å²) in [5.41, 5.74) is 1.75. The minimum Gasteiger partial charge on any atom is -0.463 e. The number of nitrogens with zero attached hydrogens (tertiary/aromatic N) is 3. The van der Waals surface area contributed by atoms with Crippen molar-refractivity contribution in [3.05, 3.63) is 101 Å². The first-order valence-electron chi connectivity index (χ1n) is 17.4. The predicted octanol–water partition coefficient (Wildman–Crippen LogP) is 8.89. The van der Waals surface area contributed by atoms with E-state index in [0.29, 0.717) is 40.7 Å². The van der Waals surface area contributed by atoms with E-state index < -0.39 is 28.7 Å². The van der Waals surface area contributed by atoms with Gasteiger partial charge in [-0.2, -0.15) is 5.10 Å². The number of aromatic nitrogens is 4. The van der Waals surface area contributed by atoms with Crippen LogP contribution in [0.3, 0.4) is 0 Å². The van der Waals surface area contributed by atoms with Crippen LogP contribution in [0.4, 0.5) is 13.6 Å². The zero-order valence-electron chi connectivity index (χ0n) is 30.2. The van der Waals surface area contributed by atoms with Gasteiger partial charge < -0.3 is 24.5 Å². The van der Waals surface area contributed by atoms with Gasteiger partial charge in [0.15, 0.2) is 23.2 Å². The molecule has 0 saturated carbocycles. The number of benzene rings is 3. The lowest BCUT2D eigenvalue weighted by atomic mass is 9.76. The van der Waals surface area contributed by atoms with E-state index >= 15 is 8.78 Å². The number of carbonyl (C=O) groups excluding carboxylic acids is 2. The third-order valence-electron chi connectivity index (χ3n) is 9.54. The minimum atomic E-state index is -0.744. The van der Waals surface area contributed by atoms with E-state index in [1.807, 2.05) is 45.0 Å². The average Bonchev–Trinajstić information content (AvgIpc) is 3.73. The number of nitrogens with one attached hydrogen (secondary N) is 2. The maximum absolute atomic E-state index is 15.7. The van der Waals surface area contributed by atoms with Gasteiger partial charge in [0, 0.05) is 46.9 Å². The van der Waals surface area contributed by atoms with E-state index in [1.54, 1.807) is 39.2 Å². The van der Waals surface area contributed by atoms with Crippen molar-refractivity contribution < 1.29 is 32.6 Å². The molecular weight excluding hydrogens is 668 g/mol. The van der Waals surface area contributed by atoms with Gasteiger partial charge in [-0.25, -0.2) is 28.0 Å². The summed E-state index contributed by atoms with van der Waals surface area (Å²) in [7, 11) is 1.70. The van der Waals surface area contributed by atoms with E-state index in [9.17, 15) is 9.59 Å². The highest BCUT2D eigenvalue weighted by Gasteiger charge is 2.35. The molecule has 1 aliphatic heterocycles. The fraction of sp³-hybridized carbons (Fsp3) is 0.350. The molecule has 4 bridgehead atoms. The molecule has 5 aromatic rings. The monoisotopic (exact) mass is 711 g/mol. The van der Waals surface area contributed by atoms with Gasteiger partial charge >= 0.3 is 12.1 Å². The molecule has 12 heteroatoms. The molecule has 2 aromatic heterocycles. The summed E-state index contributed by atoms with van der Waals surface area (Å²) >= 11 is 0. The number of amides is 1. The normalized spacial score (nSPS) is 18.2. The molecule has 2 N–H and O–H groups in total. The Kier molecular flexibility index (Phi) is 10.2. The molecule has 0 fully saturated rings. The molecule has 3 heterocycles. The van der Waals surface area contributed by atoms with Gasteiger partial charge in [0.05, 0.1) is 17.6 Å². The summed E-state index contributed by atoms with van der Waals surface area (Å²) in [6.45, 7) is 9.38. The lowest BCUT2D eigenvalue weighted by Gasteiger charge is -2.29. The summed E-state index contributed by atoms with van der Waals surface area (Å²) in [6, 6.07) is 15.0. The van der Waals surface area contributed by atoms with Crippen LogP contribution in [-0.2, 0) is 33.3 Å². The third-order valence-corrected chi connectivity index (χ3v) is 9.54. The topological polar surface area (TPSA) is 120 Å². The molecule has 1 amide bonds. The zero-order chi connectivity index (χ0) is 37.2. The zero-order valence-corrected chi connectivity index (χ0v) is 30.2. The summed E-state index contributed by atoms with van der Waals surface area (Å²) in [6.07, 6.45) is 5.52. The Morgan fingerprint density at radius 3 is 2.63 bits per heavy atom. The van der Waals surface area contributed by atoms with Crippen LogP contribution in [0.5, 0.6) is 11.5 Å². The number of hydrogen-bond acceptors (Lipinski definition) is 7. The number of cyclic esters (lactones) is 1. The van der Waals surface area contributed by atoms with Crippen molar-refractivity contribution in [2.45, 2.75) is 77.9 Å². The van der Waals surface area contributed by atoms with Gasteiger partial charge in [0.25, 0.3) is 0 Å². The second-order valence-corrected chi connectivity index (χ2v) is 14.0. The third kappa shape index (κ3) is 7.56. The number of aryl methyl sites for hydroxylation is 1. The quantitative estimate of drug-likeness (QED) is 0.141. The number of aromatic amines is 1. The van der Waals surface area contributed by atoms with E-state index in [1.165, 1.54) is 28.9 Å². The molecule has 0 radical (unpaired) electrons. The van der Waals surface area contributed by atoms with Crippen LogP contribution in [0.2, 0.25) is 0 Å². The predicted molar refractivity (Wildman–Crippen MR) is 194 cm³/mol. The second kappa shape index (κ2) is 14.6. The fourth-order valence-corrected chi connectivity index (χ4v) is 6.66. The van der Waals surface area contributed by atoms with Crippen LogP contribution in [0, 0.1) is 11.6 Å². The van der Waals surface area contributed by atoms with Gasteiger partial charge in [-0.05, 0) is 88.9 Å². The van der Waals surface area contributed by atoms with Crippen molar-refractivity contribution in [2.24, 2.45) is 7.05 Å². The summed E-state index contributed by atoms with van der Waals surface area (Å²) < 4.78 is 49.8. The van der Waals surface area contributed by atoms with E-state index in [0.717, 1.165) is 24.0 Å². The number of esters is 1. The highest BCUT2D eigenvalue weighted by molar-refractivity contribution is 5.93. The smallest absolute Gasteiger partial charge is 0.407 e. The molecule has 0 aliphatic carbocycles. The van der Waals surface area contributed by atoms with Crippen LogP contribution in [0.25, 0.3) is 28.4 Å². The Hall–Kier alpha value is -5.52. The standard InChI is InChI=1S/C40H43F2N5O5/c1-7-50-36(48)24(2)19-25-11-10-12-26(20-25)40(5)17-9-8-16-39(3,4)45-38(49)51-23-30-28-15-18-43-33(28)22-32(42)34(30)52-27-13-14-31(41)29(21-27)35-44-37(40)46-47(35)6/h10-15,18-22,43H,7-9,16-17,23H2,1-6H3,(H,45,49)/b24-19+.